The van der Waals surface area contributed by atoms with Crippen molar-refractivity contribution in [3.63, 3.8) is 0 Å². The fourth-order valence-corrected chi connectivity index (χ4v) is 4.81. The second-order valence-electron chi connectivity index (χ2n) is 9.61. The minimum Gasteiger partial charge on any atom is -0.478 e. The number of aryl methyl sites for hydroxylation is 2. The summed E-state index contributed by atoms with van der Waals surface area (Å²) in [5, 5.41) is 38.5. The lowest BCUT2D eigenvalue weighted by molar-refractivity contribution is 0.0684. The van der Waals surface area contributed by atoms with Crippen LogP contribution in [0.3, 0.4) is 0 Å². The molecule has 4 N–H and O–H groups in total. The van der Waals surface area contributed by atoms with E-state index in [0.29, 0.717) is 33.4 Å². The molecule has 0 radical (unpaired) electrons. The summed E-state index contributed by atoms with van der Waals surface area (Å²) in [7, 11) is 0. The van der Waals surface area contributed by atoms with Gasteiger partial charge in [0.1, 0.15) is 11.5 Å². The van der Waals surface area contributed by atoms with Crippen LogP contribution in [0.1, 0.15) is 63.7 Å². The van der Waals surface area contributed by atoms with Crippen molar-refractivity contribution in [2.75, 3.05) is 0 Å². The van der Waals surface area contributed by atoms with Gasteiger partial charge in [0, 0.05) is 22.3 Å². The molecular formula is C32H26O9. The van der Waals surface area contributed by atoms with Gasteiger partial charge in [-0.15, -0.1) is 0 Å². The first-order chi connectivity index (χ1) is 19.3. The minimum absolute atomic E-state index is 0.0297. The van der Waals surface area contributed by atoms with Crippen molar-refractivity contribution in [2.24, 2.45) is 0 Å². The van der Waals surface area contributed by atoms with E-state index in [1.54, 1.807) is 64.1 Å². The maximum atomic E-state index is 12.0. The summed E-state index contributed by atoms with van der Waals surface area (Å²) in [6.45, 7) is 6.44. The molecule has 4 aromatic rings. The molecule has 0 bridgehead atoms. The molecule has 0 aliphatic rings. The van der Waals surface area contributed by atoms with E-state index in [4.69, 9.17) is 4.74 Å². The van der Waals surface area contributed by atoms with Crippen LogP contribution in [0.2, 0.25) is 0 Å². The van der Waals surface area contributed by atoms with Crippen LogP contribution in [0.5, 0.6) is 11.5 Å². The number of ether oxygens (including phenoxy) is 1. The van der Waals surface area contributed by atoms with Crippen molar-refractivity contribution in [1.82, 2.24) is 0 Å². The summed E-state index contributed by atoms with van der Waals surface area (Å²) in [6.07, 6.45) is 0. The van der Waals surface area contributed by atoms with E-state index < -0.39 is 23.9 Å². The Labute approximate surface area is 234 Å². The Morgan fingerprint density at radius 3 is 1.10 bits per heavy atom. The van der Waals surface area contributed by atoms with E-state index in [9.17, 15) is 39.6 Å². The number of hydrogen-bond acceptors (Lipinski definition) is 5. The monoisotopic (exact) mass is 554 g/mol. The summed E-state index contributed by atoms with van der Waals surface area (Å²) in [6, 6.07) is 15.4. The highest BCUT2D eigenvalue weighted by Crippen LogP contribution is 2.44. The third kappa shape index (κ3) is 5.38. The van der Waals surface area contributed by atoms with Crippen LogP contribution in [-0.2, 0) is 0 Å². The van der Waals surface area contributed by atoms with Crippen molar-refractivity contribution in [1.29, 1.82) is 0 Å². The maximum Gasteiger partial charge on any atom is 0.336 e. The van der Waals surface area contributed by atoms with Gasteiger partial charge < -0.3 is 25.2 Å². The molecule has 4 rings (SSSR count). The molecule has 0 aliphatic carbocycles. The third-order valence-corrected chi connectivity index (χ3v) is 7.01. The smallest absolute Gasteiger partial charge is 0.336 e. The molecule has 0 aliphatic heterocycles. The lowest BCUT2D eigenvalue weighted by atomic mass is 9.94. The average molecular weight is 555 g/mol. The first kappa shape index (κ1) is 28.6. The Morgan fingerprint density at radius 2 is 0.805 bits per heavy atom. The van der Waals surface area contributed by atoms with Gasteiger partial charge in [0.25, 0.3) is 0 Å². The normalized spacial score (nSPS) is 10.7. The summed E-state index contributed by atoms with van der Waals surface area (Å²) in [5.41, 5.74) is 3.76. The fraction of sp³-hybridized carbons (Fsp3) is 0.125. The van der Waals surface area contributed by atoms with Gasteiger partial charge in [-0.1, -0.05) is 24.3 Å². The molecule has 0 spiro atoms. The van der Waals surface area contributed by atoms with Gasteiger partial charge in [0.05, 0.1) is 22.3 Å². The average Bonchev–Trinajstić information content (AvgIpc) is 2.89. The molecule has 0 aromatic heterocycles. The fourth-order valence-electron chi connectivity index (χ4n) is 4.81. The maximum absolute atomic E-state index is 12.0. The number of rotatable bonds is 8. The molecular weight excluding hydrogens is 528 g/mol. The molecule has 9 heteroatoms. The van der Waals surface area contributed by atoms with Gasteiger partial charge in [-0.05, 0) is 86.3 Å². The summed E-state index contributed by atoms with van der Waals surface area (Å²) < 4.78 is 6.47. The molecule has 0 heterocycles. The van der Waals surface area contributed by atoms with E-state index in [2.05, 4.69) is 0 Å². The SMILES string of the molecule is Cc1cc(-c2ccc(C(=O)O)c(C)c2Oc2c(-c3ccc(C(=O)O)c(C)c3)ccc(C(=O)O)c2C)ccc1C(=O)O. The van der Waals surface area contributed by atoms with Crippen LogP contribution in [0, 0.1) is 27.7 Å². The quantitative estimate of drug-likeness (QED) is 0.183. The van der Waals surface area contributed by atoms with E-state index in [1.807, 2.05) is 0 Å². The van der Waals surface area contributed by atoms with Gasteiger partial charge in [0.15, 0.2) is 0 Å². The molecule has 0 amide bonds. The lowest BCUT2D eigenvalue weighted by Crippen LogP contribution is -2.06. The Kier molecular flexibility index (Phi) is 7.64. The summed E-state index contributed by atoms with van der Waals surface area (Å²) in [5.74, 6) is -4.24. The van der Waals surface area contributed by atoms with Gasteiger partial charge in [-0.25, -0.2) is 19.2 Å². The van der Waals surface area contributed by atoms with Crippen LogP contribution in [0.4, 0.5) is 0 Å². The van der Waals surface area contributed by atoms with Gasteiger partial charge in [-0.3, -0.25) is 0 Å². The second-order valence-corrected chi connectivity index (χ2v) is 9.61. The molecule has 0 unspecified atom stereocenters. The summed E-state index contributed by atoms with van der Waals surface area (Å²) in [4.78, 5) is 47.2. The number of carboxylic acids is 4. The highest BCUT2D eigenvalue weighted by Gasteiger charge is 2.23. The van der Waals surface area contributed by atoms with Crippen molar-refractivity contribution in [3.8, 4) is 33.8 Å². The topological polar surface area (TPSA) is 158 Å². The molecule has 4 aromatic carbocycles. The first-order valence-corrected chi connectivity index (χ1v) is 12.4. The zero-order chi connectivity index (χ0) is 30.2. The van der Waals surface area contributed by atoms with Crippen molar-refractivity contribution in [2.45, 2.75) is 27.7 Å². The zero-order valence-corrected chi connectivity index (χ0v) is 22.6. The van der Waals surface area contributed by atoms with Crippen molar-refractivity contribution >= 4 is 23.9 Å². The van der Waals surface area contributed by atoms with E-state index in [0.717, 1.165) is 0 Å². The Morgan fingerprint density at radius 1 is 0.488 bits per heavy atom. The van der Waals surface area contributed by atoms with Crippen LogP contribution in [-0.4, -0.2) is 44.3 Å². The largest absolute Gasteiger partial charge is 0.478 e. The van der Waals surface area contributed by atoms with Crippen molar-refractivity contribution < 1.29 is 44.3 Å². The Balaban J connectivity index is 2.00. The van der Waals surface area contributed by atoms with Crippen molar-refractivity contribution in [3.05, 3.63) is 105 Å². The predicted octanol–water partition coefficient (Wildman–Crippen LogP) is 6.84. The molecule has 0 atom stereocenters. The van der Waals surface area contributed by atoms with Crippen LogP contribution in [0.15, 0.2) is 60.7 Å². The van der Waals surface area contributed by atoms with Gasteiger partial charge >= 0.3 is 23.9 Å². The highest BCUT2D eigenvalue weighted by atomic mass is 16.5. The Hall–Kier alpha value is -5.44. The molecule has 208 valence electrons. The molecule has 0 saturated carbocycles. The van der Waals surface area contributed by atoms with Crippen LogP contribution < -0.4 is 4.74 Å². The number of aromatic carboxylic acids is 4. The third-order valence-electron chi connectivity index (χ3n) is 7.01. The molecule has 41 heavy (non-hydrogen) atoms. The van der Waals surface area contributed by atoms with Gasteiger partial charge in [-0.2, -0.15) is 0 Å². The second kappa shape index (κ2) is 11.0. The number of carboxylic acid groups (broad SMARTS) is 4. The highest BCUT2D eigenvalue weighted by molar-refractivity contribution is 5.95. The van der Waals surface area contributed by atoms with Crippen LogP contribution in [0.25, 0.3) is 22.3 Å². The Bertz CT molecular complexity index is 1640. The molecule has 0 fully saturated rings. The lowest BCUT2D eigenvalue weighted by Gasteiger charge is -2.21. The molecule has 0 saturated heterocycles. The first-order valence-electron chi connectivity index (χ1n) is 12.4. The van der Waals surface area contributed by atoms with Crippen LogP contribution >= 0.6 is 0 Å². The number of carbonyl (C=O) groups is 4. The van der Waals surface area contributed by atoms with E-state index >= 15 is 0 Å². The predicted molar refractivity (Wildman–Crippen MR) is 151 cm³/mol. The minimum atomic E-state index is -1.19. The van der Waals surface area contributed by atoms with E-state index in [1.165, 1.54) is 24.3 Å². The van der Waals surface area contributed by atoms with E-state index in [-0.39, 0.29) is 44.9 Å². The number of hydrogen-bond donors (Lipinski definition) is 4. The van der Waals surface area contributed by atoms with Gasteiger partial charge in [0.2, 0.25) is 0 Å². The number of benzene rings is 4. The zero-order valence-electron chi connectivity index (χ0n) is 22.6. The summed E-state index contributed by atoms with van der Waals surface area (Å²) >= 11 is 0. The standard InChI is InChI=1S/C32H26O9/c1-15-13-19(5-7-21(15)29(33)34)25-11-9-23(31(37)38)17(3)27(25)41-28-18(4)24(32(39)40)10-12-26(28)20-6-8-22(30(35)36)16(2)14-20/h5-14H,1-4H3,(H,33,34)(H,35,36)(H,37,38)(H,39,40). The molecule has 9 nitrogen and oxygen atoms in total.